The molecule has 0 saturated heterocycles. The van der Waals surface area contributed by atoms with E-state index in [9.17, 15) is 9.18 Å². The van der Waals surface area contributed by atoms with E-state index in [4.69, 9.17) is 9.47 Å². The Morgan fingerprint density at radius 1 is 1.00 bits per heavy atom. The van der Waals surface area contributed by atoms with Crippen molar-refractivity contribution in [1.82, 2.24) is 0 Å². The zero-order valence-electron chi connectivity index (χ0n) is 15.2. The van der Waals surface area contributed by atoms with Crippen molar-refractivity contribution >= 4 is 11.6 Å². The number of amides is 1. The maximum atomic E-state index is 13.3. The summed E-state index contributed by atoms with van der Waals surface area (Å²) in [5.74, 6) is 0.662. The van der Waals surface area contributed by atoms with E-state index >= 15 is 0 Å². The van der Waals surface area contributed by atoms with E-state index in [1.165, 1.54) is 12.1 Å². The molecule has 0 heterocycles. The molecule has 4 nitrogen and oxygen atoms in total. The molecule has 1 amide bonds. The molecule has 27 heavy (non-hydrogen) atoms. The van der Waals surface area contributed by atoms with Gasteiger partial charge in [0.1, 0.15) is 23.9 Å². The molecular weight excluding hydrogens is 345 g/mol. The minimum Gasteiger partial charge on any atom is -0.496 e. The van der Waals surface area contributed by atoms with Crippen LogP contribution in [-0.4, -0.2) is 13.0 Å². The minimum atomic E-state index is -0.408. The summed E-state index contributed by atoms with van der Waals surface area (Å²) in [7, 11) is 1.57. The van der Waals surface area contributed by atoms with Crippen molar-refractivity contribution in [2.75, 3.05) is 12.4 Å². The fraction of sp³-hybridized carbons (Fsp3) is 0.136. The molecule has 0 fully saturated rings. The van der Waals surface area contributed by atoms with Gasteiger partial charge >= 0.3 is 0 Å². The predicted molar refractivity (Wildman–Crippen MR) is 103 cm³/mol. The van der Waals surface area contributed by atoms with Crippen molar-refractivity contribution in [3.63, 3.8) is 0 Å². The summed E-state index contributed by atoms with van der Waals surface area (Å²) in [6.07, 6.45) is 0. The lowest BCUT2D eigenvalue weighted by atomic mass is 10.1. The number of nitrogens with one attached hydrogen (secondary N) is 1. The molecule has 0 aliphatic rings. The van der Waals surface area contributed by atoms with Crippen LogP contribution in [0, 0.1) is 12.7 Å². The molecule has 0 bridgehead atoms. The van der Waals surface area contributed by atoms with E-state index in [1.54, 1.807) is 37.4 Å². The van der Waals surface area contributed by atoms with Crippen LogP contribution in [0.2, 0.25) is 0 Å². The van der Waals surface area contributed by atoms with Crippen molar-refractivity contribution in [1.29, 1.82) is 0 Å². The van der Waals surface area contributed by atoms with E-state index in [0.29, 0.717) is 17.0 Å². The quantitative estimate of drug-likeness (QED) is 0.671. The van der Waals surface area contributed by atoms with Gasteiger partial charge in [-0.1, -0.05) is 24.3 Å². The Morgan fingerprint density at radius 3 is 2.56 bits per heavy atom. The number of aryl methyl sites for hydroxylation is 1. The van der Waals surface area contributed by atoms with Gasteiger partial charge in [0.05, 0.1) is 7.11 Å². The SMILES string of the molecule is COc1ccc(C(=O)Nc2cccc(F)c2)cc1COc1ccccc1C. The van der Waals surface area contributed by atoms with Crippen molar-refractivity contribution in [2.45, 2.75) is 13.5 Å². The van der Waals surface area contributed by atoms with Gasteiger partial charge in [-0.25, -0.2) is 4.39 Å². The standard InChI is InChI=1S/C22H20FNO3/c1-15-6-3-4-9-20(15)27-14-17-12-16(10-11-21(17)26-2)22(25)24-19-8-5-7-18(23)13-19/h3-13H,14H2,1-2H3,(H,24,25). The van der Waals surface area contributed by atoms with Crippen molar-refractivity contribution in [3.05, 3.63) is 89.2 Å². The van der Waals surface area contributed by atoms with E-state index < -0.39 is 5.82 Å². The average molecular weight is 365 g/mol. The van der Waals surface area contributed by atoms with Crippen LogP contribution in [0.4, 0.5) is 10.1 Å². The summed E-state index contributed by atoms with van der Waals surface area (Å²) >= 11 is 0. The third-order valence-corrected chi connectivity index (χ3v) is 4.10. The number of rotatable bonds is 6. The summed E-state index contributed by atoms with van der Waals surface area (Å²) in [5, 5.41) is 2.69. The monoisotopic (exact) mass is 365 g/mol. The minimum absolute atomic E-state index is 0.259. The van der Waals surface area contributed by atoms with Crippen LogP contribution >= 0.6 is 0 Å². The first-order valence-corrected chi connectivity index (χ1v) is 8.49. The highest BCUT2D eigenvalue weighted by molar-refractivity contribution is 6.04. The molecule has 3 aromatic carbocycles. The molecule has 0 aromatic heterocycles. The van der Waals surface area contributed by atoms with Gasteiger partial charge in [-0.2, -0.15) is 0 Å². The second-order valence-electron chi connectivity index (χ2n) is 6.05. The van der Waals surface area contributed by atoms with Crippen molar-refractivity contribution in [2.24, 2.45) is 0 Å². The van der Waals surface area contributed by atoms with Gasteiger partial charge in [-0.3, -0.25) is 4.79 Å². The Morgan fingerprint density at radius 2 is 1.81 bits per heavy atom. The van der Waals surface area contributed by atoms with Crippen LogP contribution in [0.15, 0.2) is 66.7 Å². The molecule has 0 saturated carbocycles. The number of benzene rings is 3. The molecule has 0 aliphatic heterocycles. The first kappa shape index (κ1) is 18.5. The van der Waals surface area contributed by atoms with Crippen molar-refractivity contribution in [3.8, 4) is 11.5 Å². The highest BCUT2D eigenvalue weighted by Crippen LogP contribution is 2.24. The molecule has 0 aliphatic carbocycles. The Labute approximate surface area is 157 Å². The first-order chi connectivity index (χ1) is 13.1. The summed E-state index contributed by atoms with van der Waals surface area (Å²) in [6, 6.07) is 18.6. The van der Waals surface area contributed by atoms with Crippen LogP contribution in [0.5, 0.6) is 11.5 Å². The van der Waals surface area contributed by atoms with Crippen molar-refractivity contribution < 1.29 is 18.7 Å². The van der Waals surface area contributed by atoms with E-state index in [-0.39, 0.29) is 12.5 Å². The van der Waals surface area contributed by atoms with E-state index in [2.05, 4.69) is 5.32 Å². The molecular formula is C22H20FNO3. The Hall–Kier alpha value is -3.34. The van der Waals surface area contributed by atoms with Gasteiger partial charge in [-0.05, 0) is 55.0 Å². The van der Waals surface area contributed by atoms with Crippen LogP contribution in [-0.2, 0) is 6.61 Å². The highest BCUT2D eigenvalue weighted by Gasteiger charge is 2.12. The van der Waals surface area contributed by atoms with E-state index in [0.717, 1.165) is 16.9 Å². The largest absolute Gasteiger partial charge is 0.496 e. The normalized spacial score (nSPS) is 10.3. The molecule has 5 heteroatoms. The number of halogens is 1. The molecule has 138 valence electrons. The number of hydrogen-bond donors (Lipinski definition) is 1. The number of carbonyl (C=O) groups excluding carboxylic acids is 1. The third-order valence-electron chi connectivity index (χ3n) is 4.10. The maximum Gasteiger partial charge on any atom is 0.255 e. The summed E-state index contributed by atoms with van der Waals surface area (Å²) in [6.45, 7) is 2.23. The third kappa shape index (κ3) is 4.64. The zero-order chi connectivity index (χ0) is 19.2. The summed E-state index contributed by atoms with van der Waals surface area (Å²) < 4.78 is 24.5. The second kappa shape index (κ2) is 8.36. The fourth-order valence-electron chi connectivity index (χ4n) is 2.68. The zero-order valence-corrected chi connectivity index (χ0v) is 15.2. The second-order valence-corrected chi connectivity index (χ2v) is 6.05. The number of methoxy groups -OCH3 is 1. The number of ether oxygens (including phenoxy) is 2. The van der Waals surface area contributed by atoms with Crippen LogP contribution < -0.4 is 14.8 Å². The molecule has 0 atom stereocenters. The lowest BCUT2D eigenvalue weighted by Crippen LogP contribution is -2.13. The van der Waals surface area contributed by atoms with Crippen LogP contribution in [0.25, 0.3) is 0 Å². The number of anilines is 1. The highest BCUT2D eigenvalue weighted by atomic mass is 19.1. The fourth-order valence-corrected chi connectivity index (χ4v) is 2.68. The Balaban J connectivity index is 1.78. The summed E-state index contributed by atoms with van der Waals surface area (Å²) in [4.78, 5) is 12.5. The molecule has 0 spiro atoms. The van der Waals surface area contributed by atoms with Gasteiger partial charge in [0.2, 0.25) is 0 Å². The Bertz CT molecular complexity index is 956. The van der Waals surface area contributed by atoms with Gasteiger partial charge < -0.3 is 14.8 Å². The first-order valence-electron chi connectivity index (χ1n) is 8.49. The number of hydrogen-bond acceptors (Lipinski definition) is 3. The van der Waals surface area contributed by atoms with Crippen LogP contribution in [0.1, 0.15) is 21.5 Å². The summed E-state index contributed by atoms with van der Waals surface area (Å²) in [5.41, 5.74) is 2.60. The molecule has 0 unspecified atom stereocenters. The number of carbonyl (C=O) groups is 1. The smallest absolute Gasteiger partial charge is 0.255 e. The number of para-hydroxylation sites is 1. The van der Waals surface area contributed by atoms with Gasteiger partial charge in [0.25, 0.3) is 5.91 Å². The molecule has 3 rings (SSSR count). The average Bonchev–Trinajstić information content (AvgIpc) is 2.67. The molecule has 3 aromatic rings. The van der Waals surface area contributed by atoms with E-state index in [1.807, 2.05) is 31.2 Å². The molecule has 1 N–H and O–H groups in total. The van der Waals surface area contributed by atoms with Gasteiger partial charge in [0, 0.05) is 16.8 Å². The lowest BCUT2D eigenvalue weighted by molar-refractivity contribution is 0.102. The van der Waals surface area contributed by atoms with Crippen LogP contribution in [0.3, 0.4) is 0 Å². The lowest BCUT2D eigenvalue weighted by Gasteiger charge is -2.13. The predicted octanol–water partition coefficient (Wildman–Crippen LogP) is 4.97. The van der Waals surface area contributed by atoms with Gasteiger partial charge in [0.15, 0.2) is 0 Å². The molecule has 0 radical (unpaired) electrons. The Kier molecular flexibility index (Phi) is 5.71. The maximum absolute atomic E-state index is 13.3. The topological polar surface area (TPSA) is 47.6 Å². The van der Waals surface area contributed by atoms with Gasteiger partial charge in [-0.15, -0.1) is 0 Å².